The Morgan fingerprint density at radius 3 is 2.57 bits per heavy atom. The van der Waals surface area contributed by atoms with Gasteiger partial charge in [-0.25, -0.2) is 4.99 Å². The molecule has 0 spiro atoms. The molecule has 1 unspecified atom stereocenters. The van der Waals surface area contributed by atoms with Crippen molar-refractivity contribution in [3.05, 3.63) is 40.1 Å². The molecule has 0 radical (unpaired) electrons. The lowest BCUT2D eigenvalue weighted by molar-refractivity contribution is 0.340. The van der Waals surface area contributed by atoms with Crippen molar-refractivity contribution in [2.45, 2.75) is 46.6 Å². The third-order valence-electron chi connectivity index (χ3n) is 3.44. The number of hydrogen-bond acceptors (Lipinski definition) is 3. The Hall–Kier alpha value is -1.55. The van der Waals surface area contributed by atoms with Crippen LogP contribution in [0.25, 0.3) is 0 Å². The van der Waals surface area contributed by atoms with Crippen LogP contribution in [0.15, 0.2) is 34.6 Å². The molecule has 0 aliphatic rings. The molecule has 2 rings (SSSR count). The Labute approximate surface area is 130 Å². The third kappa shape index (κ3) is 3.97. The molecule has 1 heterocycles. The molecule has 0 fully saturated rings. The minimum absolute atomic E-state index is 0.489. The van der Waals surface area contributed by atoms with E-state index in [1.165, 1.54) is 18.5 Å². The summed E-state index contributed by atoms with van der Waals surface area (Å²) in [6.07, 6.45) is 2.36. The maximum absolute atomic E-state index is 5.46. The van der Waals surface area contributed by atoms with E-state index in [4.69, 9.17) is 9.73 Å². The molecule has 1 aromatic carbocycles. The van der Waals surface area contributed by atoms with Crippen molar-refractivity contribution in [2.75, 3.05) is 6.61 Å². The lowest BCUT2D eigenvalue weighted by atomic mass is 10.2. The normalized spacial score (nSPS) is 13.4. The van der Waals surface area contributed by atoms with Gasteiger partial charge in [0.05, 0.1) is 12.3 Å². The average molecular weight is 304 g/mol. The largest absolute Gasteiger partial charge is 0.494 e. The number of benzene rings is 1. The highest BCUT2D eigenvalue weighted by Crippen LogP contribution is 2.19. The lowest BCUT2D eigenvalue weighted by Crippen LogP contribution is -2.19. The molecular formula is C17H24N2OS. The Bertz CT molecular complexity index is 625. The monoisotopic (exact) mass is 304 g/mol. The molecule has 114 valence electrons. The van der Waals surface area contributed by atoms with Crippen LogP contribution in [0.5, 0.6) is 5.75 Å². The fraction of sp³-hybridized carbons (Fsp3) is 0.471. The summed E-state index contributed by atoms with van der Waals surface area (Å²) in [7, 11) is 0. The molecule has 0 saturated heterocycles. The lowest BCUT2D eigenvalue weighted by Gasteiger charge is -2.14. The summed E-state index contributed by atoms with van der Waals surface area (Å²) in [6.45, 7) is 9.32. The maximum atomic E-state index is 5.46. The van der Waals surface area contributed by atoms with E-state index in [1.807, 2.05) is 31.2 Å². The second-order valence-electron chi connectivity index (χ2n) is 5.21. The molecule has 0 N–H and O–H groups in total. The van der Waals surface area contributed by atoms with Gasteiger partial charge in [0.1, 0.15) is 5.75 Å². The summed E-state index contributed by atoms with van der Waals surface area (Å²) in [5, 5.41) is 2.18. The number of aryl methyl sites for hydroxylation is 1. The van der Waals surface area contributed by atoms with Gasteiger partial charge in [0.2, 0.25) is 0 Å². The van der Waals surface area contributed by atoms with E-state index >= 15 is 0 Å². The van der Waals surface area contributed by atoms with Gasteiger partial charge in [0.25, 0.3) is 0 Å². The van der Waals surface area contributed by atoms with Crippen LogP contribution in [-0.2, 0) is 0 Å². The fourth-order valence-corrected chi connectivity index (χ4v) is 3.44. The molecule has 21 heavy (non-hydrogen) atoms. The van der Waals surface area contributed by atoms with Crippen molar-refractivity contribution in [1.29, 1.82) is 0 Å². The predicted octanol–water partition coefficient (Wildman–Crippen LogP) is 4.85. The van der Waals surface area contributed by atoms with E-state index in [-0.39, 0.29) is 0 Å². The highest BCUT2D eigenvalue weighted by atomic mass is 32.1. The number of nitrogens with zero attached hydrogens (tertiary/aromatic N) is 2. The van der Waals surface area contributed by atoms with Crippen LogP contribution < -0.4 is 9.54 Å². The minimum Gasteiger partial charge on any atom is -0.494 e. The van der Waals surface area contributed by atoms with Crippen molar-refractivity contribution in [3.63, 3.8) is 0 Å². The summed E-state index contributed by atoms with van der Waals surface area (Å²) in [5.41, 5.74) is 2.25. The number of ether oxygens (including phenoxy) is 1. The van der Waals surface area contributed by atoms with Crippen molar-refractivity contribution >= 4 is 17.0 Å². The molecule has 1 atom stereocenters. The van der Waals surface area contributed by atoms with Gasteiger partial charge in [-0.3, -0.25) is 0 Å². The standard InChI is InChI=1S/C17H24N2OS/c1-5-7-13(3)19-14(4)12-21-17(19)18-15-8-10-16(11-9-15)20-6-2/h8-13H,5-7H2,1-4H3. The van der Waals surface area contributed by atoms with Gasteiger partial charge in [0, 0.05) is 17.1 Å². The first-order valence-electron chi connectivity index (χ1n) is 7.60. The van der Waals surface area contributed by atoms with E-state index < -0.39 is 0 Å². The number of aromatic nitrogens is 1. The molecule has 0 aliphatic heterocycles. The maximum Gasteiger partial charge on any atom is 0.190 e. The number of thiazole rings is 1. The second kappa shape index (κ2) is 7.46. The van der Waals surface area contributed by atoms with Crippen LogP contribution in [0.2, 0.25) is 0 Å². The summed E-state index contributed by atoms with van der Waals surface area (Å²) in [6, 6.07) is 8.46. The Kier molecular flexibility index (Phi) is 5.62. The summed E-state index contributed by atoms with van der Waals surface area (Å²) < 4.78 is 7.80. The van der Waals surface area contributed by atoms with Crippen molar-refractivity contribution in [2.24, 2.45) is 4.99 Å². The summed E-state index contributed by atoms with van der Waals surface area (Å²) in [4.78, 5) is 5.86. The molecule has 3 nitrogen and oxygen atoms in total. The first-order valence-corrected chi connectivity index (χ1v) is 8.47. The number of rotatable bonds is 6. The minimum atomic E-state index is 0.489. The van der Waals surface area contributed by atoms with Gasteiger partial charge in [0.15, 0.2) is 4.80 Å². The fourth-order valence-electron chi connectivity index (χ4n) is 2.46. The number of hydrogen-bond donors (Lipinski definition) is 0. The molecule has 2 aromatic rings. The van der Waals surface area contributed by atoms with Gasteiger partial charge in [-0.15, -0.1) is 11.3 Å². The second-order valence-corrected chi connectivity index (χ2v) is 6.04. The Morgan fingerprint density at radius 2 is 1.95 bits per heavy atom. The van der Waals surface area contributed by atoms with Crippen LogP contribution in [0.3, 0.4) is 0 Å². The Morgan fingerprint density at radius 1 is 1.24 bits per heavy atom. The van der Waals surface area contributed by atoms with E-state index in [0.29, 0.717) is 12.6 Å². The average Bonchev–Trinajstić information content (AvgIpc) is 2.82. The highest BCUT2D eigenvalue weighted by Gasteiger charge is 2.08. The molecule has 0 saturated carbocycles. The zero-order chi connectivity index (χ0) is 15.2. The van der Waals surface area contributed by atoms with Gasteiger partial charge in [-0.2, -0.15) is 0 Å². The first kappa shape index (κ1) is 15.8. The van der Waals surface area contributed by atoms with Crippen molar-refractivity contribution in [1.82, 2.24) is 4.57 Å². The summed E-state index contributed by atoms with van der Waals surface area (Å²) in [5.74, 6) is 0.894. The SMILES string of the molecule is CCCC(C)n1c(C)csc1=Nc1ccc(OCC)cc1. The van der Waals surface area contributed by atoms with Gasteiger partial charge in [-0.1, -0.05) is 13.3 Å². The van der Waals surface area contributed by atoms with Gasteiger partial charge >= 0.3 is 0 Å². The van der Waals surface area contributed by atoms with Crippen LogP contribution in [0, 0.1) is 6.92 Å². The van der Waals surface area contributed by atoms with Crippen molar-refractivity contribution in [3.8, 4) is 5.75 Å². The Balaban J connectivity index is 2.32. The quantitative estimate of drug-likeness (QED) is 0.749. The molecule has 1 aromatic heterocycles. The molecule has 0 amide bonds. The van der Waals surface area contributed by atoms with Gasteiger partial charge in [-0.05, 0) is 51.5 Å². The zero-order valence-electron chi connectivity index (χ0n) is 13.3. The first-order chi connectivity index (χ1) is 10.2. The van der Waals surface area contributed by atoms with Crippen LogP contribution in [-0.4, -0.2) is 11.2 Å². The van der Waals surface area contributed by atoms with E-state index in [9.17, 15) is 0 Å². The smallest absolute Gasteiger partial charge is 0.190 e. The molecular weight excluding hydrogens is 280 g/mol. The van der Waals surface area contributed by atoms with E-state index in [2.05, 4.69) is 30.7 Å². The van der Waals surface area contributed by atoms with E-state index in [1.54, 1.807) is 11.3 Å². The van der Waals surface area contributed by atoms with Crippen LogP contribution in [0.4, 0.5) is 5.69 Å². The molecule has 0 aliphatic carbocycles. The molecule has 0 bridgehead atoms. The zero-order valence-corrected chi connectivity index (χ0v) is 14.1. The van der Waals surface area contributed by atoms with Crippen molar-refractivity contribution < 1.29 is 4.74 Å². The topological polar surface area (TPSA) is 26.5 Å². The molecule has 4 heteroatoms. The highest BCUT2D eigenvalue weighted by molar-refractivity contribution is 7.07. The predicted molar refractivity (Wildman–Crippen MR) is 89.5 cm³/mol. The third-order valence-corrected chi connectivity index (χ3v) is 4.40. The van der Waals surface area contributed by atoms with Gasteiger partial charge < -0.3 is 9.30 Å². The van der Waals surface area contributed by atoms with E-state index in [0.717, 1.165) is 16.2 Å². The van der Waals surface area contributed by atoms with Crippen LogP contribution in [0.1, 0.15) is 45.3 Å². The summed E-state index contributed by atoms with van der Waals surface area (Å²) >= 11 is 1.70. The van der Waals surface area contributed by atoms with Crippen LogP contribution >= 0.6 is 11.3 Å².